The topological polar surface area (TPSA) is 0 Å². The number of unbranched alkanes of at least 4 members (excludes halogenated alkanes) is 4. The Kier molecular flexibility index (Phi) is 18.3. The maximum atomic E-state index is 2.74. The lowest BCUT2D eigenvalue weighted by molar-refractivity contribution is -0.132. The van der Waals surface area contributed by atoms with Crippen LogP contribution in [-0.2, 0) is 0 Å². The van der Waals surface area contributed by atoms with E-state index >= 15 is 0 Å². The van der Waals surface area contributed by atoms with E-state index in [1.54, 1.807) is 103 Å². The van der Waals surface area contributed by atoms with Crippen LogP contribution in [-0.4, -0.2) is 7.28 Å². The van der Waals surface area contributed by atoms with E-state index in [9.17, 15) is 0 Å². The Morgan fingerprint density at radius 2 is 0.909 bits per heavy atom. The van der Waals surface area contributed by atoms with Gasteiger partial charge in [0.1, 0.15) is 7.28 Å². The predicted molar refractivity (Wildman–Crippen MR) is 245 cm³/mol. The minimum atomic E-state index is 0.944. The van der Waals surface area contributed by atoms with Crippen molar-refractivity contribution in [2.75, 3.05) is 0 Å². The molecule has 1 saturated heterocycles. The summed E-state index contributed by atoms with van der Waals surface area (Å²) in [7, 11) is 1.58. The highest BCUT2D eigenvalue weighted by molar-refractivity contribution is 6.50. The van der Waals surface area contributed by atoms with Crippen molar-refractivity contribution in [1.29, 1.82) is 0 Å². The van der Waals surface area contributed by atoms with Crippen molar-refractivity contribution < 1.29 is 0 Å². The predicted octanol–water partition coefficient (Wildman–Crippen LogP) is 17.0. The molecule has 0 amide bonds. The third-order valence-electron chi connectivity index (χ3n) is 19.7. The zero-order chi connectivity index (χ0) is 38.7. The third-order valence-corrected chi connectivity index (χ3v) is 19.7. The molecule has 55 heavy (non-hydrogen) atoms. The molecule has 318 valence electrons. The summed E-state index contributed by atoms with van der Waals surface area (Å²) in [6.07, 6.45) is 46.1. The number of hydrogen-bond acceptors (Lipinski definition) is 0. The summed E-state index contributed by atoms with van der Waals surface area (Å²) in [6, 6.07) is 0. The molecule has 0 nitrogen and oxygen atoms in total. The first-order chi connectivity index (χ1) is 26.9. The second-order valence-corrected chi connectivity index (χ2v) is 22.8. The van der Waals surface area contributed by atoms with E-state index in [0.717, 1.165) is 101 Å². The van der Waals surface area contributed by atoms with Gasteiger partial charge in [-0.3, -0.25) is 0 Å². The van der Waals surface area contributed by atoms with E-state index in [-0.39, 0.29) is 0 Å². The van der Waals surface area contributed by atoms with Gasteiger partial charge in [-0.15, -0.1) is 0 Å². The van der Waals surface area contributed by atoms with Crippen LogP contribution in [0.15, 0.2) is 0 Å². The molecule has 12 unspecified atom stereocenters. The fraction of sp³-hybridized carbons (Fsp3) is 1.00. The van der Waals surface area contributed by atoms with Crippen LogP contribution in [0.2, 0.25) is 12.1 Å². The molecule has 0 aromatic carbocycles. The molecule has 6 aliphatic rings. The number of fused-ring (bicyclic) bond motifs is 2. The van der Waals surface area contributed by atoms with Crippen LogP contribution in [0.25, 0.3) is 0 Å². The van der Waals surface area contributed by atoms with E-state index in [0.29, 0.717) is 0 Å². The van der Waals surface area contributed by atoms with Gasteiger partial charge in [0, 0.05) is 0 Å². The third kappa shape index (κ3) is 11.7. The van der Waals surface area contributed by atoms with Gasteiger partial charge in [0.2, 0.25) is 0 Å². The molecule has 5 saturated carbocycles. The van der Waals surface area contributed by atoms with E-state index < -0.39 is 0 Å². The maximum Gasteiger partial charge on any atom is 0.123 e. The summed E-state index contributed by atoms with van der Waals surface area (Å²) in [5.41, 5.74) is 0. The van der Waals surface area contributed by atoms with E-state index in [4.69, 9.17) is 0 Å². The summed E-state index contributed by atoms with van der Waals surface area (Å²) < 4.78 is 0. The molecule has 0 N–H and O–H groups in total. The second-order valence-electron chi connectivity index (χ2n) is 22.8. The van der Waals surface area contributed by atoms with Crippen molar-refractivity contribution in [3.8, 4) is 0 Å². The van der Waals surface area contributed by atoms with E-state index in [1.807, 2.05) is 0 Å². The van der Waals surface area contributed by atoms with Crippen molar-refractivity contribution in [2.45, 2.75) is 247 Å². The summed E-state index contributed by atoms with van der Waals surface area (Å²) >= 11 is 0. The van der Waals surface area contributed by atoms with Crippen LogP contribution in [0.1, 0.15) is 235 Å². The lowest BCUT2D eigenvalue weighted by Crippen LogP contribution is -2.55. The molecule has 5 aliphatic carbocycles. The van der Waals surface area contributed by atoms with E-state index in [2.05, 4.69) is 48.5 Å². The van der Waals surface area contributed by atoms with Gasteiger partial charge in [0.15, 0.2) is 0 Å². The van der Waals surface area contributed by atoms with Crippen LogP contribution >= 0.6 is 0 Å². The number of rotatable bonds is 22. The lowest BCUT2D eigenvalue weighted by atomic mass is 9.43. The number of hydrogen-bond donors (Lipinski definition) is 0. The van der Waals surface area contributed by atoms with Gasteiger partial charge in [-0.05, 0) is 178 Å². The first-order valence-corrected chi connectivity index (χ1v) is 26.9. The smallest absolute Gasteiger partial charge is 0.0809 e. The van der Waals surface area contributed by atoms with Crippen LogP contribution in [0, 0.1) is 94.7 Å². The van der Waals surface area contributed by atoms with Gasteiger partial charge < -0.3 is 0 Å². The molecular weight excluding hydrogens is 659 g/mol. The van der Waals surface area contributed by atoms with Gasteiger partial charge in [-0.25, -0.2) is 0 Å². The highest BCUT2D eigenvalue weighted by Gasteiger charge is 2.58. The Morgan fingerprint density at radius 1 is 0.436 bits per heavy atom. The Labute approximate surface area is 347 Å². The van der Waals surface area contributed by atoms with Crippen molar-refractivity contribution in [3.63, 3.8) is 0 Å². The van der Waals surface area contributed by atoms with Crippen molar-refractivity contribution in [2.24, 2.45) is 94.7 Å². The molecule has 0 aromatic heterocycles. The van der Waals surface area contributed by atoms with Crippen LogP contribution in [0.4, 0.5) is 0 Å². The molecule has 1 heterocycles. The quantitative estimate of drug-likeness (QED) is 0.0762. The van der Waals surface area contributed by atoms with Crippen LogP contribution in [0.5, 0.6) is 0 Å². The monoisotopic (exact) mass is 759 g/mol. The Bertz CT molecular complexity index is 1030. The van der Waals surface area contributed by atoms with Crippen LogP contribution in [0.3, 0.4) is 0 Å². The molecule has 0 aromatic rings. The van der Waals surface area contributed by atoms with Gasteiger partial charge >= 0.3 is 0 Å². The Hall–Kier alpha value is 0.0649. The molecule has 0 bridgehead atoms. The molecule has 0 radical (unpaired) electrons. The molecule has 6 rings (SSSR count). The standard InChI is InChI=1S/C54H99B/c1-8-13-16-18-38(6)19-17-20-39(7)46-31-33-48-50(35-46)53(44-27-23-42(24-28-44)40(11-4)21-14-9-2)49-34-32-47(52-37-55-52)36-51(49)54(48)45-29-25-43(26-30-45)41(12-5)22-15-10-3/h38-55H,8-37H2,1-7H3/t38?,39?,40?,41?,42?,43?,44?,45?,46?,47?,48?,49?,50?,51?,52-,53?,54?/m1/s1. The van der Waals surface area contributed by atoms with Crippen molar-refractivity contribution in [3.05, 3.63) is 0 Å². The lowest BCUT2D eigenvalue weighted by Gasteiger charge is -2.62. The van der Waals surface area contributed by atoms with Crippen molar-refractivity contribution >= 4 is 7.28 Å². The normalized spacial score (nSPS) is 39.9. The summed E-state index contributed by atoms with van der Waals surface area (Å²) in [4.78, 5) is 0. The molecule has 0 spiro atoms. The first kappa shape index (κ1) is 44.6. The average Bonchev–Trinajstić information content (AvgIpc) is 4.07. The minimum absolute atomic E-state index is 0.944. The Balaban J connectivity index is 1.20. The maximum absolute atomic E-state index is 2.74. The SMILES string of the molecule is CCCCCC(C)CCCC(C)C1CCC2C(C1)C(C1CCC(C(CC)CCCC)CC1)C1CCC([C@@H]3BC3)CC1C2C1CCC(C(CC)CCCC)CC1. The van der Waals surface area contributed by atoms with Crippen LogP contribution < -0.4 is 0 Å². The van der Waals surface area contributed by atoms with Gasteiger partial charge in [0.25, 0.3) is 0 Å². The fourth-order valence-corrected chi connectivity index (χ4v) is 16.3. The summed E-state index contributed by atoms with van der Waals surface area (Å²) in [6.45, 7) is 17.5. The highest BCUT2D eigenvalue weighted by atomic mass is 14.6. The minimum Gasteiger partial charge on any atom is -0.0809 e. The molecular formula is C54H99B. The highest BCUT2D eigenvalue weighted by Crippen LogP contribution is 2.65. The summed E-state index contributed by atoms with van der Waals surface area (Å²) in [5.74, 6) is 18.0. The van der Waals surface area contributed by atoms with Gasteiger partial charge in [-0.1, -0.05) is 163 Å². The fourth-order valence-electron chi connectivity index (χ4n) is 16.3. The van der Waals surface area contributed by atoms with Gasteiger partial charge in [-0.2, -0.15) is 0 Å². The zero-order valence-electron chi connectivity index (χ0n) is 38.7. The van der Waals surface area contributed by atoms with E-state index in [1.165, 1.54) is 96.3 Å². The largest absolute Gasteiger partial charge is 0.123 e. The second kappa shape index (κ2) is 22.6. The zero-order valence-corrected chi connectivity index (χ0v) is 38.7. The first-order valence-electron chi connectivity index (χ1n) is 26.9. The summed E-state index contributed by atoms with van der Waals surface area (Å²) in [5, 5.41) is 0. The molecule has 6 fully saturated rings. The van der Waals surface area contributed by atoms with Gasteiger partial charge in [0.05, 0.1) is 0 Å². The van der Waals surface area contributed by atoms with Crippen molar-refractivity contribution in [1.82, 2.24) is 0 Å². The Morgan fingerprint density at radius 3 is 1.42 bits per heavy atom. The molecule has 13 atom stereocenters. The molecule has 1 aliphatic heterocycles. The average molecular weight is 759 g/mol. The molecule has 1 heteroatoms.